The summed E-state index contributed by atoms with van der Waals surface area (Å²) >= 11 is 9.81. The van der Waals surface area contributed by atoms with Crippen LogP contribution in [0, 0.1) is 0 Å². The van der Waals surface area contributed by atoms with E-state index in [9.17, 15) is 0 Å². The lowest BCUT2D eigenvalue weighted by molar-refractivity contribution is 0.638. The molecule has 12 heavy (non-hydrogen) atoms. The quantitative estimate of drug-likeness (QED) is 0.278. The summed E-state index contributed by atoms with van der Waals surface area (Å²) in [7, 11) is -0.639. The first-order valence-electron chi connectivity index (χ1n) is 4.56. The summed E-state index contributed by atoms with van der Waals surface area (Å²) in [4.78, 5) is 0. The van der Waals surface area contributed by atoms with Crippen LogP contribution in [-0.4, -0.2) is 8.14 Å². The third-order valence-corrected chi connectivity index (χ3v) is 1.51. The van der Waals surface area contributed by atoms with Gasteiger partial charge in [0.15, 0.2) is 0 Å². The van der Waals surface area contributed by atoms with Gasteiger partial charge in [0.05, 0.1) is 0 Å². The molecule has 0 saturated heterocycles. The predicted octanol–water partition coefficient (Wildman–Crippen LogP) is 4.00. The van der Waals surface area contributed by atoms with Crippen LogP contribution in [0.15, 0.2) is 12.7 Å². The van der Waals surface area contributed by atoms with Crippen molar-refractivity contribution in [2.24, 2.45) is 0 Å². The van der Waals surface area contributed by atoms with E-state index in [-0.39, 0.29) is 0 Å². The zero-order valence-electron chi connectivity index (χ0n) is 7.99. The van der Waals surface area contributed by atoms with Gasteiger partial charge in [-0.3, -0.25) is 0 Å². The van der Waals surface area contributed by atoms with Crippen molar-refractivity contribution in [3.63, 3.8) is 0 Å². The largest absolute Gasteiger partial charge is 0.222 e. The Balaban J connectivity index is 0. The molecule has 0 amide bonds. The van der Waals surface area contributed by atoms with E-state index >= 15 is 0 Å². The molecule has 0 heterocycles. The molecule has 0 bridgehead atoms. The Morgan fingerprint density at radius 2 is 1.67 bits per heavy atom. The van der Waals surface area contributed by atoms with Gasteiger partial charge in [0.25, 0.3) is 0 Å². The van der Waals surface area contributed by atoms with Crippen LogP contribution in [0.3, 0.4) is 0 Å². The number of rotatable bonds is 6. The molecule has 0 aromatic rings. The van der Waals surface area contributed by atoms with Crippen LogP contribution in [-0.2, 0) is 0 Å². The number of halogens is 2. The van der Waals surface area contributed by atoms with E-state index in [1.54, 1.807) is 0 Å². The maximum absolute atomic E-state index is 4.90. The third kappa shape index (κ3) is 22.4. The second-order valence-corrected chi connectivity index (χ2v) is 5.22. The predicted molar refractivity (Wildman–Crippen MR) is 63.8 cm³/mol. The van der Waals surface area contributed by atoms with Crippen molar-refractivity contribution in [2.45, 2.75) is 45.4 Å². The molecule has 0 aromatic carbocycles. The number of hydrogen-bond donors (Lipinski definition) is 0. The van der Waals surface area contributed by atoms with E-state index in [0.717, 1.165) is 0 Å². The molecule has 3 heteroatoms. The molecule has 0 rings (SSSR count). The summed E-state index contributed by atoms with van der Waals surface area (Å²) in [5, 5.41) is 0. The monoisotopic (exact) mass is 226 g/mol. The maximum atomic E-state index is 4.90. The number of allylic oxidation sites excluding steroid dienone is 1. The van der Waals surface area contributed by atoms with Gasteiger partial charge in [-0.05, 0) is 12.8 Å². The van der Waals surface area contributed by atoms with Crippen molar-refractivity contribution in [2.75, 3.05) is 0 Å². The molecule has 0 aromatic heterocycles. The zero-order chi connectivity index (χ0) is 9.66. The molecule has 0 aliphatic rings. The van der Waals surface area contributed by atoms with E-state index in [1.165, 1.54) is 38.5 Å². The smallest absolute Gasteiger partial charge is 0.155 e. The van der Waals surface area contributed by atoms with Gasteiger partial charge < -0.3 is 0 Å². The lowest BCUT2D eigenvalue weighted by Crippen LogP contribution is -1.74. The van der Waals surface area contributed by atoms with Gasteiger partial charge in [0.2, 0.25) is 8.14 Å². The molecule has 0 unspecified atom stereocenters. The van der Waals surface area contributed by atoms with Gasteiger partial charge in [-0.25, -0.2) is 0 Å². The van der Waals surface area contributed by atoms with Crippen LogP contribution in [0.4, 0.5) is 0 Å². The lowest BCUT2D eigenvalue weighted by Gasteiger charge is -1.94. The summed E-state index contributed by atoms with van der Waals surface area (Å²) < 4.78 is 0. The molecule has 0 aliphatic carbocycles. The first-order valence-corrected chi connectivity index (χ1v) is 8.83. The highest BCUT2D eigenvalue weighted by Crippen LogP contribution is 2.04. The summed E-state index contributed by atoms with van der Waals surface area (Å²) in [5.74, 6) is 0. The van der Waals surface area contributed by atoms with Crippen LogP contribution < -0.4 is 0 Å². The van der Waals surface area contributed by atoms with Gasteiger partial charge in [-0.1, -0.05) is 38.7 Å². The zero-order valence-corrected chi connectivity index (χ0v) is 10.9. The average molecular weight is 227 g/mol. The Labute approximate surface area is 88.6 Å². The van der Waals surface area contributed by atoms with Gasteiger partial charge in [-0.15, -0.1) is 6.58 Å². The van der Waals surface area contributed by atoms with Gasteiger partial charge >= 0.3 is 0 Å². The van der Waals surface area contributed by atoms with Gasteiger partial charge in [0, 0.05) is 0 Å². The summed E-state index contributed by atoms with van der Waals surface area (Å²) in [5.41, 5.74) is 0. The summed E-state index contributed by atoms with van der Waals surface area (Å²) in [6.45, 7) is 5.92. The van der Waals surface area contributed by atoms with E-state index in [2.05, 4.69) is 13.5 Å². The molecule has 0 fully saturated rings. The fraction of sp³-hybridized carbons (Fsp3) is 0.778. The highest BCUT2D eigenvalue weighted by Gasteiger charge is 1.84. The van der Waals surface area contributed by atoms with E-state index in [0.29, 0.717) is 0 Å². The van der Waals surface area contributed by atoms with Crippen molar-refractivity contribution in [3.05, 3.63) is 12.7 Å². The molecule has 0 saturated carbocycles. The van der Waals surface area contributed by atoms with Crippen molar-refractivity contribution < 1.29 is 0 Å². The first-order chi connectivity index (χ1) is 5.83. The van der Waals surface area contributed by atoms with Crippen molar-refractivity contribution >= 4 is 30.3 Å². The lowest BCUT2D eigenvalue weighted by atomic mass is 10.1. The minimum absolute atomic E-state index is 0.639. The van der Waals surface area contributed by atoms with Crippen LogP contribution >= 0.6 is 22.2 Å². The topological polar surface area (TPSA) is 0 Å². The van der Waals surface area contributed by atoms with Crippen molar-refractivity contribution in [1.29, 1.82) is 0 Å². The van der Waals surface area contributed by atoms with Crippen LogP contribution in [0.5, 0.6) is 0 Å². The minimum Gasteiger partial charge on any atom is -0.155 e. The second-order valence-electron chi connectivity index (χ2n) is 2.59. The maximum Gasteiger partial charge on any atom is 0.222 e. The minimum atomic E-state index is -0.639. The normalized spacial score (nSPS) is 8.58. The average Bonchev–Trinajstić information content (AvgIpc) is 2.06. The van der Waals surface area contributed by atoms with E-state index in [1.807, 2.05) is 6.08 Å². The Morgan fingerprint density at radius 3 is 2.08 bits per heavy atom. The van der Waals surface area contributed by atoms with E-state index in [4.69, 9.17) is 22.2 Å². The van der Waals surface area contributed by atoms with Crippen LogP contribution in [0.25, 0.3) is 0 Å². The second kappa shape index (κ2) is 17.6. The Hall–Kier alpha value is 0.537. The molecule has 0 atom stereocenters. The number of hydrogen-bond acceptors (Lipinski definition) is 0. The molecule has 74 valence electrons. The molecule has 0 radical (unpaired) electrons. The highest BCUT2D eigenvalue weighted by atomic mass is 35.7. The Kier molecular flexibility index (Phi) is 22.0. The Morgan fingerprint density at radius 1 is 1.17 bits per heavy atom. The summed E-state index contributed by atoms with van der Waals surface area (Å²) in [6, 6.07) is 0. The molecule has 0 aliphatic heterocycles. The van der Waals surface area contributed by atoms with Crippen LogP contribution in [0.1, 0.15) is 45.4 Å². The Bertz CT molecular complexity index is 76.9. The van der Waals surface area contributed by atoms with Crippen molar-refractivity contribution in [1.82, 2.24) is 0 Å². The third-order valence-electron chi connectivity index (χ3n) is 1.51. The van der Waals surface area contributed by atoms with Crippen LogP contribution in [0.2, 0.25) is 0 Å². The van der Waals surface area contributed by atoms with Gasteiger partial charge in [-0.2, -0.15) is 22.2 Å². The molecular formula is C9H20Cl2Si. The first kappa shape index (κ1) is 15.0. The molecule has 0 spiro atoms. The summed E-state index contributed by atoms with van der Waals surface area (Å²) in [6.07, 6.45) is 10.1. The fourth-order valence-corrected chi connectivity index (χ4v) is 0.892. The molecule has 0 nitrogen and oxygen atoms in total. The van der Waals surface area contributed by atoms with Gasteiger partial charge in [0.1, 0.15) is 0 Å². The highest BCUT2D eigenvalue weighted by molar-refractivity contribution is 7.22. The standard InChI is InChI=1S/C9H18.Cl2H2Si/c1-3-5-7-9-8-6-4-2;1-3-2/h3H,1,4-9H2,2H3;3H2. The SMILES string of the molecule is C=CCCCCCCC.Cl[SiH2]Cl. The van der Waals surface area contributed by atoms with Crippen molar-refractivity contribution in [3.8, 4) is 0 Å². The van der Waals surface area contributed by atoms with E-state index < -0.39 is 8.14 Å². The molecule has 0 N–H and O–H groups in total. The number of unbranched alkanes of at least 4 members (excludes halogenated alkanes) is 5. The molecular weight excluding hydrogens is 207 g/mol. The fourth-order valence-electron chi connectivity index (χ4n) is 0.892.